The molecule has 0 atom stereocenters. The van der Waals surface area contributed by atoms with Crippen LogP contribution < -0.4 is 8.79 Å². The number of pyridine rings is 2. The summed E-state index contributed by atoms with van der Waals surface area (Å²) in [6.45, 7) is 4.45. The summed E-state index contributed by atoms with van der Waals surface area (Å²) in [5.74, 6) is 15.0. The van der Waals surface area contributed by atoms with E-state index in [1.165, 1.54) is 30.1 Å². The van der Waals surface area contributed by atoms with E-state index in [1.54, 1.807) is 4.40 Å². The maximum absolute atomic E-state index is 4.65. The summed E-state index contributed by atoms with van der Waals surface area (Å²) in [4.78, 5) is 9.18. The van der Waals surface area contributed by atoms with Crippen molar-refractivity contribution in [3.8, 4) is 22.5 Å². The normalized spacial score (nSPS) is 11.7. The molecule has 3 heterocycles. The minimum absolute atomic E-state index is 0. The SMILES string of the molecule is CC(C)c1ccnc(-c2[c-]ccc3c2sc2c[c]([Ge]([CH3])([CH3])[CH3])ccc23)c1.[CH3][Ge]([CH3])([CH3])[c]1ccc(-c2[c-]cccc2)nc1.[Ir]. The fourth-order valence-corrected chi connectivity index (χ4v) is 11.0. The summed E-state index contributed by atoms with van der Waals surface area (Å²) in [5, 5.41) is 2.68. The van der Waals surface area contributed by atoms with E-state index in [-0.39, 0.29) is 20.1 Å². The Labute approximate surface area is 280 Å². The van der Waals surface area contributed by atoms with Gasteiger partial charge in [0.05, 0.1) is 0 Å². The van der Waals surface area contributed by atoms with Crippen LogP contribution in [0.1, 0.15) is 25.3 Å². The average Bonchev–Trinajstić information content (AvgIpc) is 3.35. The molecule has 0 spiro atoms. The number of fused-ring (bicyclic) bond motifs is 3. The second-order valence-corrected chi connectivity index (χ2v) is 35.6. The molecular weight excluding hydrogens is 842 g/mol. The third-order valence-corrected chi connectivity index (χ3v) is 17.3. The first-order chi connectivity index (χ1) is 19.9. The number of hydrogen-bond acceptors (Lipinski definition) is 3. The van der Waals surface area contributed by atoms with Crippen LogP contribution in [0.2, 0.25) is 34.5 Å². The summed E-state index contributed by atoms with van der Waals surface area (Å²) < 4.78 is 5.70. The molecule has 0 bridgehead atoms. The van der Waals surface area contributed by atoms with Gasteiger partial charge in [0, 0.05) is 20.1 Å². The second kappa shape index (κ2) is 13.9. The summed E-state index contributed by atoms with van der Waals surface area (Å²) in [5.41, 5.74) is 5.56. The molecule has 1 radical (unpaired) electrons. The molecule has 0 saturated heterocycles. The van der Waals surface area contributed by atoms with E-state index < -0.39 is 26.5 Å². The van der Waals surface area contributed by atoms with E-state index in [9.17, 15) is 0 Å². The average molecular weight is 882 g/mol. The van der Waals surface area contributed by atoms with Gasteiger partial charge in [0.2, 0.25) is 0 Å². The van der Waals surface area contributed by atoms with Crippen LogP contribution in [0.5, 0.6) is 0 Å². The maximum atomic E-state index is 4.65. The first-order valence-corrected chi connectivity index (χ1v) is 30.2. The maximum Gasteiger partial charge on any atom is 0 e. The molecule has 6 rings (SSSR count). The van der Waals surface area contributed by atoms with E-state index in [1.807, 2.05) is 54.1 Å². The van der Waals surface area contributed by atoms with Gasteiger partial charge < -0.3 is 0 Å². The van der Waals surface area contributed by atoms with Crippen molar-refractivity contribution in [2.45, 2.75) is 54.3 Å². The standard InChI is InChI=1S/C23H24GeNS.C14H16GeN.Ir/c1-15(2)16-11-12-25-21(13-16)20-8-6-7-19-18-10-9-17(24(3,4)5)14-22(18)26-23(19)20;1-15(2,3)13-9-10-14(16-11-13)12-7-5-4-6-8-12;/h6-7,9-15H,1-5H3;4-7,9-11H,1-3H3;/q2*-1;. The Morgan fingerprint density at radius 3 is 2.07 bits per heavy atom. The van der Waals surface area contributed by atoms with Crippen molar-refractivity contribution in [3.05, 3.63) is 109 Å². The summed E-state index contributed by atoms with van der Waals surface area (Å²) in [6.07, 6.45) is 3.96. The zero-order chi connectivity index (χ0) is 30.1. The predicted molar refractivity (Wildman–Crippen MR) is 190 cm³/mol. The molecule has 2 nitrogen and oxygen atoms in total. The quantitative estimate of drug-likeness (QED) is 0.127. The van der Waals surface area contributed by atoms with Crippen LogP contribution in [0.4, 0.5) is 0 Å². The number of aromatic nitrogens is 2. The monoisotopic (exact) mass is 885 g/mol. The van der Waals surface area contributed by atoms with E-state index in [0.717, 1.165) is 22.5 Å². The molecule has 0 unspecified atom stereocenters. The number of rotatable bonds is 5. The van der Waals surface area contributed by atoms with Crippen LogP contribution in [-0.2, 0) is 20.1 Å². The first-order valence-electron chi connectivity index (χ1n) is 14.7. The van der Waals surface area contributed by atoms with Gasteiger partial charge in [0.1, 0.15) is 0 Å². The number of hydrogen-bond donors (Lipinski definition) is 0. The van der Waals surface area contributed by atoms with Gasteiger partial charge in [-0.1, -0.05) is 0 Å². The second-order valence-electron chi connectivity index (χ2n) is 13.2. The number of benzene rings is 3. The molecular formula is C37H40Ge2IrN2S-2. The molecule has 6 heteroatoms. The van der Waals surface area contributed by atoms with E-state index in [2.05, 4.69) is 119 Å². The topological polar surface area (TPSA) is 25.8 Å². The van der Waals surface area contributed by atoms with Crippen molar-refractivity contribution in [3.63, 3.8) is 0 Å². The summed E-state index contributed by atoms with van der Waals surface area (Å²) in [7, 11) is 0. The van der Waals surface area contributed by atoms with Gasteiger partial charge in [-0.25, -0.2) is 0 Å². The van der Waals surface area contributed by atoms with Gasteiger partial charge in [-0.15, -0.1) is 0 Å². The minimum atomic E-state index is -1.82. The zero-order valence-electron chi connectivity index (χ0n) is 26.4. The molecule has 0 aliphatic carbocycles. The van der Waals surface area contributed by atoms with Crippen molar-refractivity contribution in [2.75, 3.05) is 0 Å². The molecule has 0 aliphatic heterocycles. The van der Waals surface area contributed by atoms with Crippen LogP contribution in [0, 0.1) is 12.1 Å². The molecule has 0 fully saturated rings. The van der Waals surface area contributed by atoms with Crippen molar-refractivity contribution in [1.82, 2.24) is 9.97 Å². The number of nitrogens with zero attached hydrogens (tertiary/aromatic N) is 2. The first kappa shape index (κ1) is 33.8. The third-order valence-electron chi connectivity index (χ3n) is 7.62. The Kier molecular flexibility index (Phi) is 10.9. The van der Waals surface area contributed by atoms with Crippen LogP contribution in [-0.4, -0.2) is 36.5 Å². The van der Waals surface area contributed by atoms with Crippen LogP contribution in [0.3, 0.4) is 0 Å². The summed E-state index contributed by atoms with van der Waals surface area (Å²) in [6, 6.07) is 34.6. The summed E-state index contributed by atoms with van der Waals surface area (Å²) >= 11 is -1.65. The van der Waals surface area contributed by atoms with Crippen LogP contribution in [0.15, 0.2) is 91.3 Å². The molecule has 43 heavy (non-hydrogen) atoms. The molecule has 0 aliphatic rings. The minimum Gasteiger partial charge on any atom is 0 e. The molecule has 6 aromatic rings. The van der Waals surface area contributed by atoms with Crippen molar-refractivity contribution in [2.24, 2.45) is 0 Å². The van der Waals surface area contributed by atoms with Crippen molar-refractivity contribution < 1.29 is 20.1 Å². The van der Waals surface area contributed by atoms with Gasteiger partial charge in [-0.05, 0) is 0 Å². The molecule has 0 N–H and O–H groups in total. The van der Waals surface area contributed by atoms with Crippen LogP contribution in [0.25, 0.3) is 42.7 Å². The van der Waals surface area contributed by atoms with E-state index in [4.69, 9.17) is 0 Å². The van der Waals surface area contributed by atoms with Gasteiger partial charge in [0.25, 0.3) is 0 Å². The largest absolute Gasteiger partial charge is 0 e. The Morgan fingerprint density at radius 1 is 0.698 bits per heavy atom. The molecule has 3 aromatic heterocycles. The molecule has 223 valence electrons. The third kappa shape index (κ3) is 7.96. The van der Waals surface area contributed by atoms with E-state index >= 15 is 0 Å². The molecule has 3 aromatic carbocycles. The van der Waals surface area contributed by atoms with E-state index in [0.29, 0.717) is 5.92 Å². The van der Waals surface area contributed by atoms with Gasteiger partial charge in [-0.3, -0.25) is 0 Å². The fraction of sp³-hybridized carbons (Fsp3) is 0.243. The fourth-order valence-electron chi connectivity index (χ4n) is 4.89. The van der Waals surface area contributed by atoms with Crippen LogP contribution >= 0.6 is 11.3 Å². The van der Waals surface area contributed by atoms with Crippen molar-refractivity contribution >= 4 is 66.8 Å². The Hall–Kier alpha value is -2.08. The zero-order valence-corrected chi connectivity index (χ0v) is 33.8. The smallest absolute Gasteiger partial charge is 0 e. The van der Waals surface area contributed by atoms with Gasteiger partial charge in [0.15, 0.2) is 0 Å². The molecule has 0 amide bonds. The Balaban J connectivity index is 0.000000215. The Bertz CT molecular complexity index is 1820. The van der Waals surface area contributed by atoms with Gasteiger partial charge in [-0.2, -0.15) is 0 Å². The Morgan fingerprint density at radius 2 is 1.44 bits per heavy atom. The van der Waals surface area contributed by atoms with Gasteiger partial charge >= 0.3 is 263 Å². The molecule has 0 saturated carbocycles. The number of thiophene rings is 1. The van der Waals surface area contributed by atoms with Crippen molar-refractivity contribution in [1.29, 1.82) is 0 Å². The predicted octanol–water partition coefficient (Wildman–Crippen LogP) is 9.68.